The van der Waals surface area contributed by atoms with Crippen LogP contribution in [0.2, 0.25) is 0 Å². The number of ether oxygens (including phenoxy) is 3. The van der Waals surface area contributed by atoms with Crippen LogP contribution in [0.3, 0.4) is 0 Å². The van der Waals surface area contributed by atoms with Gasteiger partial charge < -0.3 is 23.3 Å². The first-order valence-corrected chi connectivity index (χ1v) is 13.6. The molecule has 2 aliphatic heterocycles. The molecule has 2 fully saturated rings. The summed E-state index contributed by atoms with van der Waals surface area (Å²) in [6.45, 7) is 10.9. The Labute approximate surface area is 218 Å². The number of aromatic amines is 1. The molecule has 0 radical (unpaired) electrons. The summed E-state index contributed by atoms with van der Waals surface area (Å²) in [6, 6.07) is 3.54. The second-order valence-electron chi connectivity index (χ2n) is 9.24. The average Bonchev–Trinajstić information content (AvgIpc) is 3.19. The Morgan fingerprint density at radius 3 is 2.51 bits per heavy atom. The predicted octanol–water partition coefficient (Wildman–Crippen LogP) is 1.37. The van der Waals surface area contributed by atoms with Crippen molar-refractivity contribution in [2.45, 2.75) is 70.7 Å². The molecule has 3 heterocycles. The summed E-state index contributed by atoms with van der Waals surface area (Å²) in [5, 5.41) is 10.8. The van der Waals surface area contributed by atoms with Gasteiger partial charge in [0.2, 0.25) is 0 Å². The summed E-state index contributed by atoms with van der Waals surface area (Å²) in [5.74, 6) is 0. The number of hydrogen-bond donors (Lipinski definition) is 1. The number of nitrogens with zero attached hydrogens (tertiary/aromatic N) is 4. The van der Waals surface area contributed by atoms with Crippen LogP contribution in [-0.2, 0) is 28.1 Å². The van der Waals surface area contributed by atoms with Gasteiger partial charge in [-0.3, -0.25) is 19.2 Å². The molecular weight excluding hydrogens is 505 g/mol. The molecule has 14 heteroatoms. The van der Waals surface area contributed by atoms with E-state index in [0.29, 0.717) is 26.3 Å². The van der Waals surface area contributed by atoms with Crippen molar-refractivity contribution in [3.63, 3.8) is 0 Å². The van der Waals surface area contributed by atoms with Gasteiger partial charge in [-0.05, 0) is 27.7 Å². The smallest absolute Gasteiger partial charge is 0.330 e. The first-order chi connectivity index (χ1) is 17.8. The maximum atomic E-state index is 12.6. The zero-order valence-corrected chi connectivity index (χ0v) is 23.0. The van der Waals surface area contributed by atoms with Crippen LogP contribution in [0.15, 0.2) is 21.9 Å². The van der Waals surface area contributed by atoms with Gasteiger partial charge in [-0.25, -0.2) is 9.46 Å². The lowest BCUT2D eigenvalue weighted by atomic mass is 10.1. The van der Waals surface area contributed by atoms with Crippen LogP contribution in [0.4, 0.5) is 0 Å². The van der Waals surface area contributed by atoms with Crippen LogP contribution < -0.4 is 11.2 Å². The van der Waals surface area contributed by atoms with Gasteiger partial charge in [-0.15, -0.1) is 0 Å². The van der Waals surface area contributed by atoms with Crippen molar-refractivity contribution in [1.29, 1.82) is 5.26 Å². The number of nitriles is 1. The predicted molar refractivity (Wildman–Crippen MR) is 134 cm³/mol. The van der Waals surface area contributed by atoms with E-state index < -0.39 is 44.3 Å². The van der Waals surface area contributed by atoms with Crippen molar-refractivity contribution in [2.75, 3.05) is 46.6 Å². The highest BCUT2D eigenvalue weighted by Gasteiger charge is 2.50. The molecule has 2 unspecified atom stereocenters. The Kier molecular flexibility index (Phi) is 11.6. The number of rotatable bonds is 13. The molecule has 1 aromatic rings. The Bertz CT molecular complexity index is 984. The summed E-state index contributed by atoms with van der Waals surface area (Å²) in [4.78, 5) is 32.5. The number of morpholine rings is 1. The van der Waals surface area contributed by atoms with Gasteiger partial charge in [-0.2, -0.15) is 10.3 Å². The number of nitrogens with one attached hydrogen (secondary N) is 1. The Morgan fingerprint density at radius 2 is 1.92 bits per heavy atom. The minimum absolute atomic E-state index is 0.0946. The van der Waals surface area contributed by atoms with E-state index >= 15 is 0 Å². The second kappa shape index (κ2) is 14.4. The quantitative estimate of drug-likeness (QED) is 0.285. The van der Waals surface area contributed by atoms with Crippen LogP contribution in [0.25, 0.3) is 0 Å². The van der Waals surface area contributed by atoms with E-state index in [1.165, 1.54) is 23.9 Å². The van der Waals surface area contributed by atoms with E-state index in [1.807, 2.05) is 32.8 Å². The molecule has 1 N–H and O–H groups in total. The van der Waals surface area contributed by atoms with Crippen LogP contribution in [-0.4, -0.2) is 96.3 Å². The highest BCUT2D eigenvalue weighted by Crippen LogP contribution is 2.50. The van der Waals surface area contributed by atoms with E-state index in [4.69, 9.17) is 33.4 Å². The second-order valence-corrected chi connectivity index (χ2v) is 10.6. The monoisotopic (exact) mass is 543 g/mol. The van der Waals surface area contributed by atoms with Crippen molar-refractivity contribution in [2.24, 2.45) is 0 Å². The van der Waals surface area contributed by atoms with Crippen LogP contribution in [0.5, 0.6) is 0 Å². The van der Waals surface area contributed by atoms with Gasteiger partial charge in [0, 0.05) is 44.5 Å². The van der Waals surface area contributed by atoms with Gasteiger partial charge in [0.05, 0.1) is 38.9 Å². The third-order valence-electron chi connectivity index (χ3n) is 5.95. The lowest BCUT2D eigenvalue weighted by molar-refractivity contribution is -0.217. The van der Waals surface area contributed by atoms with Gasteiger partial charge in [0.15, 0.2) is 6.23 Å². The molecule has 0 amide bonds. The van der Waals surface area contributed by atoms with Gasteiger partial charge in [0.25, 0.3) is 14.1 Å². The molecule has 1 aromatic heterocycles. The average molecular weight is 544 g/mol. The first kappa shape index (κ1) is 29.8. The fraction of sp³-hybridized carbons (Fsp3) is 0.783. The molecule has 5 atom stereocenters. The molecule has 37 heavy (non-hydrogen) atoms. The molecule has 0 aromatic carbocycles. The molecular formula is C23H38N5O8P. The van der Waals surface area contributed by atoms with Crippen LogP contribution in [0.1, 0.15) is 40.3 Å². The zero-order valence-electron chi connectivity index (χ0n) is 22.1. The maximum absolute atomic E-state index is 12.6. The number of methoxy groups -OCH3 is 1. The Balaban J connectivity index is 1.90. The highest BCUT2D eigenvalue weighted by molar-refractivity contribution is 7.44. The first-order valence-electron chi connectivity index (χ1n) is 12.5. The topological polar surface area (TPSA) is 141 Å². The molecule has 3 rings (SSSR count). The van der Waals surface area contributed by atoms with Crippen molar-refractivity contribution in [3.05, 3.63) is 33.1 Å². The van der Waals surface area contributed by atoms with Gasteiger partial charge in [-0.1, -0.05) is 0 Å². The van der Waals surface area contributed by atoms with Crippen molar-refractivity contribution >= 4 is 8.53 Å². The number of aromatic nitrogens is 2. The third kappa shape index (κ3) is 7.89. The van der Waals surface area contributed by atoms with E-state index in [9.17, 15) is 9.59 Å². The van der Waals surface area contributed by atoms with Gasteiger partial charge in [0.1, 0.15) is 18.3 Å². The van der Waals surface area contributed by atoms with E-state index in [2.05, 4.69) is 15.7 Å². The van der Waals surface area contributed by atoms with E-state index in [-0.39, 0.29) is 31.7 Å². The molecule has 208 valence electrons. The fourth-order valence-electron chi connectivity index (χ4n) is 4.32. The van der Waals surface area contributed by atoms with Crippen molar-refractivity contribution in [3.8, 4) is 6.07 Å². The minimum atomic E-state index is -1.62. The van der Waals surface area contributed by atoms with Crippen LogP contribution in [0, 0.1) is 11.3 Å². The van der Waals surface area contributed by atoms with Crippen LogP contribution >= 0.6 is 8.53 Å². The number of hydroxylamine groups is 2. The summed E-state index contributed by atoms with van der Waals surface area (Å²) >= 11 is 0. The molecule has 0 bridgehead atoms. The number of hydrogen-bond acceptors (Lipinski definition) is 11. The standard InChI is InChI=1S/C23H38N5O8P/c1-16(2)28(17(3)4)37(34-12-6-8-24)36-20-18(15-33-26-10-13-32-14-11-26)35-22(21(20)31-5)27-9-7-19(29)25-23(27)30/h7,9,16-18,20-22H,6,10-15H2,1-5H3,(H,25,29,30)/t18-,20?,21+,22-,37?/m1/s1. The maximum Gasteiger partial charge on any atom is 0.330 e. The Morgan fingerprint density at radius 1 is 1.22 bits per heavy atom. The van der Waals surface area contributed by atoms with E-state index in [0.717, 1.165) is 0 Å². The summed E-state index contributed by atoms with van der Waals surface area (Å²) in [6.07, 6.45) is -1.29. The molecule has 2 saturated heterocycles. The highest BCUT2D eigenvalue weighted by atomic mass is 31.2. The lowest BCUT2D eigenvalue weighted by Crippen LogP contribution is -2.43. The summed E-state index contributed by atoms with van der Waals surface area (Å²) in [5.41, 5.74) is -1.13. The Hall–Kier alpha value is -1.72. The molecule has 0 spiro atoms. The third-order valence-corrected chi connectivity index (χ3v) is 8.08. The minimum Gasteiger partial charge on any atom is -0.379 e. The molecule has 0 saturated carbocycles. The normalized spacial score (nSPS) is 25.7. The van der Waals surface area contributed by atoms with E-state index in [1.54, 1.807) is 0 Å². The van der Waals surface area contributed by atoms with Crippen molar-refractivity contribution < 1.29 is 28.1 Å². The van der Waals surface area contributed by atoms with Crippen molar-refractivity contribution in [1.82, 2.24) is 19.3 Å². The fourth-order valence-corrected chi connectivity index (χ4v) is 6.09. The lowest BCUT2D eigenvalue weighted by Gasteiger charge is -2.38. The molecule has 2 aliphatic rings. The summed E-state index contributed by atoms with van der Waals surface area (Å²) in [7, 11) is -0.108. The largest absolute Gasteiger partial charge is 0.379 e. The SMILES string of the molecule is CO[C@H]1C(OP(OCCC#N)N(C(C)C)C(C)C)[C@@H](CON2CCOCC2)O[C@H]1n1ccc(=O)[nH]c1=O. The molecule has 0 aliphatic carbocycles. The van der Waals surface area contributed by atoms with Gasteiger partial charge >= 0.3 is 5.69 Å². The molecule has 13 nitrogen and oxygen atoms in total. The zero-order chi connectivity index (χ0) is 26.9. The summed E-state index contributed by atoms with van der Waals surface area (Å²) < 4.78 is 33.6. The number of H-pyrrole nitrogens is 1.